The van der Waals surface area contributed by atoms with Gasteiger partial charge in [0, 0.05) is 4.83 Å². The summed E-state index contributed by atoms with van der Waals surface area (Å²) in [6.07, 6.45) is 3.87. The highest BCUT2D eigenvalue weighted by molar-refractivity contribution is 9.09. The van der Waals surface area contributed by atoms with Crippen LogP contribution in [0.3, 0.4) is 0 Å². The summed E-state index contributed by atoms with van der Waals surface area (Å²) in [6.45, 7) is 7.27. The minimum Gasteiger partial charge on any atom is -0.461 e. The zero-order valence-corrected chi connectivity index (χ0v) is 14.9. The molecule has 2 atom stereocenters. The fourth-order valence-electron chi connectivity index (χ4n) is 2.24. The average molecular weight is 364 g/mol. The van der Waals surface area contributed by atoms with E-state index in [0.717, 1.165) is 25.7 Å². The van der Waals surface area contributed by atoms with Gasteiger partial charge in [-0.25, -0.2) is 9.59 Å². The molecule has 0 aliphatic heterocycles. The Bertz CT molecular complexity index is 359. The molecule has 2 unspecified atom stereocenters. The van der Waals surface area contributed by atoms with Gasteiger partial charge in [0.2, 0.25) is 0 Å². The lowest BCUT2D eigenvalue weighted by Crippen LogP contribution is -2.45. The average Bonchev–Trinajstić information content (AvgIpc) is 2.77. The van der Waals surface area contributed by atoms with Crippen LogP contribution in [-0.4, -0.2) is 34.6 Å². The van der Waals surface area contributed by atoms with Gasteiger partial charge in [0.05, 0.1) is 0 Å². The highest BCUT2D eigenvalue weighted by Gasteiger charge is 2.29. The Labute approximate surface area is 135 Å². The second kappa shape index (κ2) is 8.01. The van der Waals surface area contributed by atoms with Crippen LogP contribution in [0, 0.1) is 0 Å². The molecule has 0 saturated heterocycles. The van der Waals surface area contributed by atoms with Gasteiger partial charge in [-0.3, -0.25) is 0 Å². The van der Waals surface area contributed by atoms with E-state index in [1.165, 1.54) is 0 Å². The van der Waals surface area contributed by atoms with E-state index in [0.29, 0.717) is 6.42 Å². The van der Waals surface area contributed by atoms with Gasteiger partial charge >= 0.3 is 12.1 Å². The standard InChI is InChI=1S/C15H26BrNO4/c1-10(16)9-12(17-14(19)21-15(2,3)4)13(18)20-11-7-5-6-8-11/h10-12H,5-9H2,1-4H3,(H,17,19). The van der Waals surface area contributed by atoms with E-state index in [-0.39, 0.29) is 16.9 Å². The summed E-state index contributed by atoms with van der Waals surface area (Å²) in [5.41, 5.74) is -0.593. The van der Waals surface area contributed by atoms with Crippen LogP contribution in [0.1, 0.15) is 59.8 Å². The fraction of sp³-hybridized carbons (Fsp3) is 0.867. The second-order valence-corrected chi connectivity index (χ2v) is 8.12. The summed E-state index contributed by atoms with van der Waals surface area (Å²) in [4.78, 5) is 24.1. The maximum atomic E-state index is 12.2. The Morgan fingerprint density at radius 3 is 2.33 bits per heavy atom. The maximum Gasteiger partial charge on any atom is 0.408 e. The van der Waals surface area contributed by atoms with Crippen molar-refractivity contribution in [1.82, 2.24) is 5.32 Å². The van der Waals surface area contributed by atoms with Crippen LogP contribution >= 0.6 is 15.9 Å². The molecule has 0 aromatic carbocycles. The van der Waals surface area contributed by atoms with Gasteiger partial charge < -0.3 is 14.8 Å². The number of rotatable bonds is 5. The van der Waals surface area contributed by atoms with Gasteiger partial charge in [0.25, 0.3) is 0 Å². The molecular formula is C15H26BrNO4. The van der Waals surface area contributed by atoms with Crippen LogP contribution in [0.15, 0.2) is 0 Å². The van der Waals surface area contributed by atoms with Crippen molar-refractivity contribution in [3.8, 4) is 0 Å². The molecule has 1 amide bonds. The predicted molar refractivity (Wildman–Crippen MR) is 84.5 cm³/mol. The summed E-state index contributed by atoms with van der Waals surface area (Å²) in [6, 6.07) is -0.685. The van der Waals surface area contributed by atoms with E-state index >= 15 is 0 Å². The van der Waals surface area contributed by atoms with Gasteiger partial charge in [-0.05, 0) is 52.9 Å². The third kappa shape index (κ3) is 7.69. The van der Waals surface area contributed by atoms with Crippen LogP contribution in [0.4, 0.5) is 4.79 Å². The van der Waals surface area contributed by atoms with Crippen LogP contribution in [0.2, 0.25) is 0 Å². The van der Waals surface area contributed by atoms with Crippen molar-refractivity contribution in [3.63, 3.8) is 0 Å². The number of ether oxygens (including phenoxy) is 2. The molecule has 0 radical (unpaired) electrons. The number of amides is 1. The molecule has 1 aliphatic carbocycles. The first-order valence-electron chi connectivity index (χ1n) is 7.51. The fourth-order valence-corrected chi connectivity index (χ4v) is 2.62. The normalized spacial score (nSPS) is 18.9. The lowest BCUT2D eigenvalue weighted by Gasteiger charge is -2.24. The quantitative estimate of drug-likeness (QED) is 0.599. The molecule has 1 rings (SSSR count). The molecule has 1 fully saturated rings. The highest BCUT2D eigenvalue weighted by atomic mass is 79.9. The van der Waals surface area contributed by atoms with Crippen molar-refractivity contribution >= 4 is 28.0 Å². The number of halogens is 1. The van der Waals surface area contributed by atoms with Gasteiger partial charge in [-0.1, -0.05) is 22.9 Å². The van der Waals surface area contributed by atoms with Gasteiger partial charge in [-0.15, -0.1) is 0 Å². The van der Waals surface area contributed by atoms with Crippen LogP contribution in [-0.2, 0) is 14.3 Å². The molecule has 0 aromatic heterocycles. The second-order valence-electron chi connectivity index (χ2n) is 6.56. The van der Waals surface area contributed by atoms with Crippen molar-refractivity contribution in [1.29, 1.82) is 0 Å². The lowest BCUT2D eigenvalue weighted by molar-refractivity contribution is -0.151. The zero-order valence-electron chi connectivity index (χ0n) is 13.3. The molecule has 0 heterocycles. The van der Waals surface area contributed by atoms with Crippen molar-refractivity contribution in [2.24, 2.45) is 0 Å². The monoisotopic (exact) mass is 363 g/mol. The summed E-state index contributed by atoms with van der Waals surface area (Å²) >= 11 is 3.41. The first kappa shape index (κ1) is 18.3. The van der Waals surface area contributed by atoms with E-state index in [1.807, 2.05) is 6.92 Å². The number of esters is 1. The summed E-state index contributed by atoms with van der Waals surface area (Å²) in [5.74, 6) is -0.376. The Balaban J connectivity index is 2.57. The minimum atomic E-state index is -0.685. The van der Waals surface area contributed by atoms with Crippen LogP contribution < -0.4 is 5.32 Å². The highest BCUT2D eigenvalue weighted by Crippen LogP contribution is 2.22. The molecule has 122 valence electrons. The predicted octanol–water partition coefficient (Wildman–Crippen LogP) is 3.54. The van der Waals surface area contributed by atoms with Crippen molar-refractivity contribution < 1.29 is 19.1 Å². The topological polar surface area (TPSA) is 64.6 Å². The summed E-state index contributed by atoms with van der Waals surface area (Å²) < 4.78 is 10.7. The lowest BCUT2D eigenvalue weighted by atomic mass is 10.1. The van der Waals surface area contributed by atoms with E-state index in [2.05, 4.69) is 21.2 Å². The van der Waals surface area contributed by atoms with E-state index in [9.17, 15) is 9.59 Å². The third-order valence-corrected chi connectivity index (χ3v) is 3.49. The largest absolute Gasteiger partial charge is 0.461 e. The first-order valence-corrected chi connectivity index (χ1v) is 8.43. The van der Waals surface area contributed by atoms with Crippen LogP contribution in [0.5, 0.6) is 0 Å². The number of alkyl carbamates (subject to hydrolysis) is 1. The Morgan fingerprint density at radius 1 is 1.29 bits per heavy atom. The van der Waals surface area contributed by atoms with Gasteiger partial charge in [0.15, 0.2) is 0 Å². The number of nitrogens with one attached hydrogen (secondary N) is 1. The SMILES string of the molecule is CC(Br)CC(NC(=O)OC(C)(C)C)C(=O)OC1CCCC1. The van der Waals surface area contributed by atoms with E-state index in [4.69, 9.17) is 9.47 Å². The molecular weight excluding hydrogens is 338 g/mol. The Kier molecular flexibility index (Phi) is 6.97. The zero-order chi connectivity index (χ0) is 16.0. The Morgan fingerprint density at radius 2 is 1.86 bits per heavy atom. The molecule has 5 nitrogen and oxygen atoms in total. The third-order valence-electron chi connectivity index (χ3n) is 3.12. The Hall–Kier alpha value is -0.780. The van der Waals surface area contributed by atoms with E-state index in [1.54, 1.807) is 20.8 Å². The molecule has 21 heavy (non-hydrogen) atoms. The molecule has 1 N–H and O–H groups in total. The maximum absolute atomic E-state index is 12.2. The number of alkyl halides is 1. The molecule has 0 spiro atoms. The number of carbonyl (C=O) groups is 2. The molecule has 0 bridgehead atoms. The van der Waals surface area contributed by atoms with E-state index < -0.39 is 17.7 Å². The molecule has 6 heteroatoms. The molecule has 1 aliphatic rings. The smallest absolute Gasteiger partial charge is 0.408 e. The number of carbonyl (C=O) groups excluding carboxylic acids is 2. The van der Waals surface area contributed by atoms with Crippen LogP contribution in [0.25, 0.3) is 0 Å². The van der Waals surface area contributed by atoms with Crippen molar-refractivity contribution in [3.05, 3.63) is 0 Å². The minimum absolute atomic E-state index is 0.00827. The summed E-state index contributed by atoms with van der Waals surface area (Å²) in [7, 11) is 0. The van der Waals surface area contributed by atoms with Gasteiger partial charge in [-0.2, -0.15) is 0 Å². The molecule has 0 aromatic rings. The van der Waals surface area contributed by atoms with Gasteiger partial charge in [0.1, 0.15) is 17.7 Å². The first-order chi connectivity index (χ1) is 9.67. The number of hydrogen-bond acceptors (Lipinski definition) is 4. The number of hydrogen-bond donors (Lipinski definition) is 1. The molecule has 1 saturated carbocycles. The van der Waals surface area contributed by atoms with Crippen molar-refractivity contribution in [2.45, 2.75) is 82.4 Å². The van der Waals surface area contributed by atoms with Crippen molar-refractivity contribution in [2.75, 3.05) is 0 Å². The summed E-state index contributed by atoms with van der Waals surface area (Å²) in [5, 5.41) is 2.61.